The molecule has 0 bridgehead atoms. The average molecular weight is 212 g/mol. The molecular weight excluding hydrogens is 184 g/mol. The Morgan fingerprint density at radius 3 is 2.27 bits per heavy atom. The second-order valence-corrected chi connectivity index (χ2v) is 5.96. The van der Waals surface area contributed by atoms with Gasteiger partial charge in [-0.05, 0) is 44.3 Å². The Labute approximate surface area is 95.4 Å². The van der Waals surface area contributed by atoms with Crippen LogP contribution in [0.25, 0.3) is 0 Å². The lowest BCUT2D eigenvalue weighted by Crippen LogP contribution is -2.36. The van der Waals surface area contributed by atoms with Crippen LogP contribution in [0.2, 0.25) is 0 Å². The second-order valence-electron chi connectivity index (χ2n) is 5.96. The lowest BCUT2D eigenvalue weighted by molar-refractivity contribution is 0.227. The molecule has 2 heteroatoms. The quantitative estimate of drug-likeness (QED) is 0.704. The molecule has 0 unspecified atom stereocenters. The maximum Gasteiger partial charge on any atom is 0.0107 e. The molecule has 90 valence electrons. The van der Waals surface area contributed by atoms with E-state index in [-0.39, 0.29) is 0 Å². The van der Waals surface area contributed by atoms with Gasteiger partial charge in [-0.1, -0.05) is 27.2 Å². The predicted octanol–water partition coefficient (Wildman–Crippen LogP) is 2.50. The summed E-state index contributed by atoms with van der Waals surface area (Å²) in [7, 11) is 0. The zero-order chi connectivity index (χ0) is 11.1. The molecule has 15 heavy (non-hydrogen) atoms. The van der Waals surface area contributed by atoms with Crippen molar-refractivity contribution in [3.8, 4) is 0 Å². The van der Waals surface area contributed by atoms with E-state index < -0.39 is 0 Å². The van der Waals surface area contributed by atoms with Crippen LogP contribution < -0.4 is 5.32 Å². The summed E-state index contributed by atoms with van der Waals surface area (Å²) in [6.45, 7) is 13.1. The summed E-state index contributed by atoms with van der Waals surface area (Å²) in [5, 5.41) is 3.55. The fourth-order valence-electron chi connectivity index (χ4n) is 2.01. The van der Waals surface area contributed by atoms with E-state index in [0.29, 0.717) is 5.41 Å². The molecule has 0 aromatic heterocycles. The van der Waals surface area contributed by atoms with Gasteiger partial charge in [0.15, 0.2) is 0 Å². The largest absolute Gasteiger partial charge is 0.315 e. The Bertz CT molecular complexity index is 154. The summed E-state index contributed by atoms with van der Waals surface area (Å²) < 4.78 is 0. The number of piperidine rings is 1. The third-order valence-electron chi connectivity index (χ3n) is 3.11. The third-order valence-corrected chi connectivity index (χ3v) is 3.11. The molecule has 0 amide bonds. The van der Waals surface area contributed by atoms with Gasteiger partial charge >= 0.3 is 0 Å². The average Bonchev–Trinajstić information content (AvgIpc) is 2.17. The SMILES string of the molecule is CC(C)(C)CCNCCN1CCCCC1. The fourth-order valence-corrected chi connectivity index (χ4v) is 2.01. The Hall–Kier alpha value is -0.0800. The summed E-state index contributed by atoms with van der Waals surface area (Å²) in [5.74, 6) is 0. The van der Waals surface area contributed by atoms with E-state index in [9.17, 15) is 0 Å². The van der Waals surface area contributed by atoms with Crippen molar-refractivity contribution < 1.29 is 0 Å². The zero-order valence-corrected chi connectivity index (χ0v) is 10.8. The number of nitrogens with one attached hydrogen (secondary N) is 1. The Morgan fingerprint density at radius 1 is 1.00 bits per heavy atom. The van der Waals surface area contributed by atoms with Crippen LogP contribution in [0, 0.1) is 5.41 Å². The molecule has 1 rings (SSSR count). The smallest absolute Gasteiger partial charge is 0.0107 e. The number of hydrogen-bond acceptors (Lipinski definition) is 2. The monoisotopic (exact) mass is 212 g/mol. The van der Waals surface area contributed by atoms with Crippen molar-refractivity contribution in [2.24, 2.45) is 5.41 Å². The van der Waals surface area contributed by atoms with Gasteiger partial charge in [0.2, 0.25) is 0 Å². The van der Waals surface area contributed by atoms with Gasteiger partial charge in [-0.15, -0.1) is 0 Å². The van der Waals surface area contributed by atoms with Gasteiger partial charge in [0, 0.05) is 13.1 Å². The molecule has 1 heterocycles. The van der Waals surface area contributed by atoms with E-state index in [0.717, 1.165) is 13.1 Å². The minimum Gasteiger partial charge on any atom is -0.315 e. The maximum absolute atomic E-state index is 3.55. The molecule has 0 atom stereocenters. The molecule has 0 spiro atoms. The molecule has 0 saturated carbocycles. The zero-order valence-electron chi connectivity index (χ0n) is 10.8. The molecular formula is C13H28N2. The van der Waals surface area contributed by atoms with Crippen molar-refractivity contribution >= 4 is 0 Å². The van der Waals surface area contributed by atoms with E-state index in [1.807, 2.05) is 0 Å². The summed E-state index contributed by atoms with van der Waals surface area (Å²) in [6, 6.07) is 0. The highest BCUT2D eigenvalue weighted by Gasteiger charge is 2.10. The first-order valence-electron chi connectivity index (χ1n) is 6.51. The number of nitrogens with zero attached hydrogens (tertiary/aromatic N) is 1. The van der Waals surface area contributed by atoms with E-state index in [1.54, 1.807) is 0 Å². The highest BCUT2D eigenvalue weighted by Crippen LogP contribution is 2.16. The normalized spacial score (nSPS) is 19.4. The molecule has 1 aliphatic heterocycles. The van der Waals surface area contributed by atoms with Gasteiger partial charge in [-0.3, -0.25) is 0 Å². The first-order valence-corrected chi connectivity index (χ1v) is 6.51. The summed E-state index contributed by atoms with van der Waals surface area (Å²) >= 11 is 0. The van der Waals surface area contributed by atoms with Crippen molar-refractivity contribution in [1.29, 1.82) is 0 Å². The van der Waals surface area contributed by atoms with Gasteiger partial charge < -0.3 is 10.2 Å². The standard InChI is InChI=1S/C13H28N2/c1-13(2,3)7-8-14-9-12-15-10-5-4-6-11-15/h14H,4-12H2,1-3H3. The number of likely N-dealkylation sites (tertiary alicyclic amines) is 1. The molecule has 1 fully saturated rings. The van der Waals surface area contributed by atoms with Crippen molar-refractivity contribution in [1.82, 2.24) is 10.2 Å². The minimum atomic E-state index is 0.470. The highest BCUT2D eigenvalue weighted by atomic mass is 15.1. The molecule has 0 aromatic rings. The van der Waals surface area contributed by atoms with Crippen LogP contribution in [-0.4, -0.2) is 37.6 Å². The van der Waals surface area contributed by atoms with Gasteiger partial charge in [-0.2, -0.15) is 0 Å². The summed E-state index contributed by atoms with van der Waals surface area (Å²) in [5.41, 5.74) is 0.470. The van der Waals surface area contributed by atoms with Crippen LogP contribution in [0.15, 0.2) is 0 Å². The first-order chi connectivity index (χ1) is 7.08. The van der Waals surface area contributed by atoms with Crippen molar-refractivity contribution in [3.63, 3.8) is 0 Å². The summed E-state index contributed by atoms with van der Waals surface area (Å²) in [4.78, 5) is 2.59. The van der Waals surface area contributed by atoms with Gasteiger partial charge in [0.1, 0.15) is 0 Å². The molecule has 0 radical (unpaired) electrons. The van der Waals surface area contributed by atoms with E-state index >= 15 is 0 Å². The third kappa shape index (κ3) is 6.91. The van der Waals surface area contributed by atoms with Crippen LogP contribution in [0.4, 0.5) is 0 Å². The Kier molecular flexibility index (Phi) is 5.62. The van der Waals surface area contributed by atoms with E-state index in [4.69, 9.17) is 0 Å². The molecule has 2 nitrogen and oxygen atoms in total. The number of rotatable bonds is 5. The van der Waals surface area contributed by atoms with E-state index in [2.05, 4.69) is 31.0 Å². The molecule has 0 aliphatic carbocycles. The molecule has 1 N–H and O–H groups in total. The molecule has 1 aliphatic rings. The fraction of sp³-hybridized carbons (Fsp3) is 1.00. The molecule has 0 aromatic carbocycles. The summed E-state index contributed by atoms with van der Waals surface area (Å²) in [6.07, 6.45) is 5.52. The van der Waals surface area contributed by atoms with Gasteiger partial charge in [0.25, 0.3) is 0 Å². The van der Waals surface area contributed by atoms with Gasteiger partial charge in [-0.25, -0.2) is 0 Å². The first kappa shape index (κ1) is 13.0. The Morgan fingerprint density at radius 2 is 1.67 bits per heavy atom. The Balaban J connectivity index is 1.92. The van der Waals surface area contributed by atoms with Crippen molar-refractivity contribution in [3.05, 3.63) is 0 Å². The van der Waals surface area contributed by atoms with Crippen LogP contribution in [0.1, 0.15) is 46.5 Å². The maximum atomic E-state index is 3.55. The van der Waals surface area contributed by atoms with Crippen LogP contribution in [0.5, 0.6) is 0 Å². The van der Waals surface area contributed by atoms with Crippen LogP contribution >= 0.6 is 0 Å². The predicted molar refractivity (Wildman–Crippen MR) is 67.2 cm³/mol. The topological polar surface area (TPSA) is 15.3 Å². The lowest BCUT2D eigenvalue weighted by atomic mass is 9.92. The highest BCUT2D eigenvalue weighted by molar-refractivity contribution is 4.67. The van der Waals surface area contributed by atoms with Crippen LogP contribution in [0.3, 0.4) is 0 Å². The van der Waals surface area contributed by atoms with Crippen LogP contribution in [-0.2, 0) is 0 Å². The van der Waals surface area contributed by atoms with Gasteiger partial charge in [0.05, 0.1) is 0 Å². The second kappa shape index (κ2) is 6.49. The molecule has 1 saturated heterocycles. The lowest BCUT2D eigenvalue weighted by Gasteiger charge is -2.26. The number of hydrogen-bond donors (Lipinski definition) is 1. The van der Waals surface area contributed by atoms with Crippen molar-refractivity contribution in [2.45, 2.75) is 46.5 Å². The minimum absolute atomic E-state index is 0.470. The van der Waals surface area contributed by atoms with Crippen molar-refractivity contribution in [2.75, 3.05) is 32.7 Å². The van der Waals surface area contributed by atoms with E-state index in [1.165, 1.54) is 45.3 Å².